The van der Waals surface area contributed by atoms with E-state index in [1.165, 1.54) is 11.1 Å². The van der Waals surface area contributed by atoms with Gasteiger partial charge in [0.2, 0.25) is 0 Å². The molecule has 4 heteroatoms. The monoisotopic (exact) mass is 657 g/mol. The molecule has 2 aromatic heterocycles. The Bertz CT molecular complexity index is 2380. The molecule has 5 aromatic carbocycles. The molecule has 0 aliphatic rings. The molecule has 0 aliphatic carbocycles. The van der Waals surface area contributed by atoms with Crippen molar-refractivity contribution in [3.8, 4) is 45.1 Å². The molecule has 2 heterocycles. The largest absolute Gasteiger partial charge is 0.507 e. The van der Waals surface area contributed by atoms with Crippen LogP contribution >= 0.6 is 0 Å². The van der Waals surface area contributed by atoms with E-state index in [9.17, 15) is 5.11 Å². The maximum Gasteiger partial charge on any atom is 0.149 e. The normalized spacial score (nSPS) is 12.6. The minimum Gasteiger partial charge on any atom is -0.507 e. The van der Waals surface area contributed by atoms with E-state index in [1.54, 1.807) is 6.07 Å². The van der Waals surface area contributed by atoms with Crippen molar-refractivity contribution in [2.24, 2.45) is 0 Å². The summed E-state index contributed by atoms with van der Waals surface area (Å²) in [6.07, 6.45) is 1.89. The van der Waals surface area contributed by atoms with E-state index in [4.69, 9.17) is 9.97 Å². The van der Waals surface area contributed by atoms with E-state index in [0.717, 1.165) is 55.4 Å². The van der Waals surface area contributed by atoms with E-state index in [0.29, 0.717) is 11.4 Å². The van der Waals surface area contributed by atoms with Crippen molar-refractivity contribution >= 4 is 21.9 Å². The Morgan fingerprint density at radius 1 is 0.520 bits per heavy atom. The molecule has 0 spiro atoms. The number of rotatable bonds is 4. The highest BCUT2D eigenvalue weighted by Crippen LogP contribution is 2.42. The van der Waals surface area contributed by atoms with Crippen LogP contribution in [-0.4, -0.2) is 19.6 Å². The second-order valence-electron chi connectivity index (χ2n) is 16.7. The summed E-state index contributed by atoms with van der Waals surface area (Å²) in [6, 6.07) is 38.4. The average molecular weight is 658 g/mol. The summed E-state index contributed by atoms with van der Waals surface area (Å²) in [5, 5.41) is 12.5. The van der Waals surface area contributed by atoms with Gasteiger partial charge in [0.1, 0.15) is 11.6 Å². The number of nitrogens with zero attached hydrogens (tertiary/aromatic N) is 3. The first kappa shape index (κ1) is 33.3. The maximum atomic E-state index is 11.3. The number of benzene rings is 5. The Hall–Kier alpha value is -5.22. The van der Waals surface area contributed by atoms with Crippen LogP contribution in [0, 0.1) is 0 Å². The van der Waals surface area contributed by atoms with Gasteiger partial charge in [0.05, 0.1) is 22.1 Å². The lowest BCUT2D eigenvalue weighted by Crippen LogP contribution is -2.12. The van der Waals surface area contributed by atoms with E-state index < -0.39 is 0 Å². The highest BCUT2D eigenvalue weighted by atomic mass is 16.3. The summed E-state index contributed by atoms with van der Waals surface area (Å²) < 4.78 is 2.18. The third-order valence-electron chi connectivity index (χ3n) is 9.79. The quantitative estimate of drug-likeness (QED) is 0.205. The minimum atomic E-state index is -0.0999. The second-order valence-corrected chi connectivity index (χ2v) is 16.7. The Balaban J connectivity index is 1.54. The molecular weight excluding hydrogens is 611 g/mol. The number of hydrogen-bond donors (Lipinski definition) is 1. The fourth-order valence-electron chi connectivity index (χ4n) is 6.75. The topological polar surface area (TPSA) is 50.9 Å². The first-order chi connectivity index (χ1) is 23.6. The predicted octanol–water partition coefficient (Wildman–Crippen LogP) is 12.2. The third kappa shape index (κ3) is 6.08. The summed E-state index contributed by atoms with van der Waals surface area (Å²) in [7, 11) is 0. The van der Waals surface area contributed by atoms with Crippen molar-refractivity contribution in [3.63, 3.8) is 0 Å². The number of pyridine rings is 1. The van der Waals surface area contributed by atoms with Crippen LogP contribution in [0.4, 0.5) is 0 Å². The van der Waals surface area contributed by atoms with Gasteiger partial charge in [-0.15, -0.1) is 0 Å². The van der Waals surface area contributed by atoms with Crippen molar-refractivity contribution in [1.82, 2.24) is 14.5 Å². The zero-order valence-corrected chi connectivity index (χ0v) is 30.8. The molecule has 0 fully saturated rings. The highest BCUT2D eigenvalue weighted by Gasteiger charge is 2.25. The van der Waals surface area contributed by atoms with Crippen molar-refractivity contribution in [2.45, 2.75) is 78.6 Å². The number of fused-ring (bicyclic) bond motifs is 2. The molecule has 0 unspecified atom stereocenters. The number of para-hydroxylation sites is 2. The van der Waals surface area contributed by atoms with Crippen LogP contribution in [0.25, 0.3) is 61.3 Å². The molecule has 0 saturated carbocycles. The van der Waals surface area contributed by atoms with Gasteiger partial charge < -0.3 is 5.11 Å². The summed E-state index contributed by atoms with van der Waals surface area (Å²) in [4.78, 5) is 10.3. The van der Waals surface area contributed by atoms with Gasteiger partial charge in [0.15, 0.2) is 0 Å². The smallest absolute Gasteiger partial charge is 0.149 e. The Labute approximate surface area is 296 Å². The summed E-state index contributed by atoms with van der Waals surface area (Å²) >= 11 is 0. The van der Waals surface area contributed by atoms with Crippen molar-refractivity contribution < 1.29 is 5.11 Å². The number of aromatic nitrogens is 3. The number of imidazole rings is 1. The van der Waals surface area contributed by atoms with E-state index in [2.05, 4.69) is 140 Å². The van der Waals surface area contributed by atoms with Crippen LogP contribution in [0.3, 0.4) is 0 Å². The summed E-state index contributed by atoms with van der Waals surface area (Å²) in [5.74, 6) is 0.921. The predicted molar refractivity (Wildman–Crippen MR) is 210 cm³/mol. The van der Waals surface area contributed by atoms with Gasteiger partial charge in [-0.2, -0.15) is 0 Å². The lowest BCUT2D eigenvalue weighted by molar-refractivity contribution is 0.475. The van der Waals surface area contributed by atoms with Crippen LogP contribution in [0.5, 0.6) is 5.75 Å². The standard InChI is InChI=1S/C46H47N3O/c1-44(2,3)32-20-21-40(50)38(27-32)43-48-42-36(18-13-19-39(42)49(43)35-16-11-10-12-17-35)30-23-31(26-33(25-30)45(4,5)6)37-28-34(46(7,8)9)24-29-15-14-22-47-41(29)37/h10-28,50H,1-9H3. The Kier molecular flexibility index (Phi) is 7.98. The second kappa shape index (κ2) is 12.0. The first-order valence-electron chi connectivity index (χ1n) is 17.6. The van der Waals surface area contributed by atoms with Crippen molar-refractivity contribution in [3.05, 3.63) is 132 Å². The lowest BCUT2D eigenvalue weighted by atomic mass is 9.81. The summed E-state index contributed by atoms with van der Waals surface area (Å²) in [6.45, 7) is 20.2. The van der Waals surface area contributed by atoms with Gasteiger partial charge in [0.25, 0.3) is 0 Å². The van der Waals surface area contributed by atoms with E-state index >= 15 is 0 Å². The van der Waals surface area contributed by atoms with Gasteiger partial charge in [-0.1, -0.05) is 117 Å². The minimum absolute atomic E-state index is 0.0225. The molecule has 4 nitrogen and oxygen atoms in total. The molecule has 252 valence electrons. The highest BCUT2D eigenvalue weighted by molar-refractivity contribution is 5.99. The van der Waals surface area contributed by atoms with Crippen molar-refractivity contribution in [2.75, 3.05) is 0 Å². The fraction of sp³-hybridized carbons (Fsp3) is 0.261. The number of phenols is 1. The molecule has 7 rings (SSSR count). The zero-order valence-electron chi connectivity index (χ0n) is 30.8. The Morgan fingerprint density at radius 3 is 1.84 bits per heavy atom. The Morgan fingerprint density at radius 2 is 1.16 bits per heavy atom. The first-order valence-corrected chi connectivity index (χ1v) is 17.6. The van der Waals surface area contributed by atoms with Gasteiger partial charge in [-0.3, -0.25) is 9.55 Å². The van der Waals surface area contributed by atoms with Crippen molar-refractivity contribution in [1.29, 1.82) is 0 Å². The lowest BCUT2D eigenvalue weighted by Gasteiger charge is -2.24. The molecule has 0 radical (unpaired) electrons. The van der Waals surface area contributed by atoms with Crippen LogP contribution in [0.15, 0.2) is 115 Å². The van der Waals surface area contributed by atoms with Gasteiger partial charge in [-0.05, 0) is 98.7 Å². The molecule has 7 aromatic rings. The number of aromatic hydroxyl groups is 1. The molecule has 0 aliphatic heterocycles. The molecule has 0 bridgehead atoms. The molecule has 0 saturated heterocycles. The zero-order chi connectivity index (χ0) is 35.6. The number of phenolic OH excluding ortho intramolecular Hbond substituents is 1. The average Bonchev–Trinajstić information content (AvgIpc) is 3.46. The molecule has 1 N–H and O–H groups in total. The van der Waals surface area contributed by atoms with Gasteiger partial charge >= 0.3 is 0 Å². The van der Waals surface area contributed by atoms with Crippen LogP contribution < -0.4 is 0 Å². The molecule has 0 amide bonds. The summed E-state index contributed by atoms with van der Waals surface area (Å²) in [5.41, 5.74) is 12.4. The molecule has 50 heavy (non-hydrogen) atoms. The van der Waals surface area contributed by atoms with Crippen LogP contribution in [0.1, 0.15) is 79.0 Å². The molecule has 0 atom stereocenters. The fourth-order valence-corrected chi connectivity index (χ4v) is 6.75. The SMILES string of the molecule is CC(C)(C)c1cc(-c2cc(C(C)(C)C)cc3cccnc23)cc(-c2cccc3c2nc(-c2cc(C(C)(C)C)ccc2O)n3-c2ccccc2)c1. The van der Waals surface area contributed by atoms with E-state index in [1.807, 2.05) is 36.5 Å². The number of hydrogen-bond acceptors (Lipinski definition) is 3. The van der Waals surface area contributed by atoms with Crippen LogP contribution in [0.2, 0.25) is 0 Å². The maximum absolute atomic E-state index is 11.3. The molecular formula is C46H47N3O. The van der Waals surface area contributed by atoms with Gasteiger partial charge in [0, 0.05) is 28.4 Å². The third-order valence-corrected chi connectivity index (χ3v) is 9.79. The van der Waals surface area contributed by atoms with E-state index in [-0.39, 0.29) is 22.0 Å². The van der Waals surface area contributed by atoms with Crippen LogP contribution in [-0.2, 0) is 16.2 Å². The van der Waals surface area contributed by atoms with Gasteiger partial charge in [-0.25, -0.2) is 4.98 Å².